The van der Waals surface area contributed by atoms with Crippen molar-refractivity contribution < 1.29 is 13.2 Å². The Morgan fingerprint density at radius 1 is 1.10 bits per heavy atom. The van der Waals surface area contributed by atoms with Crippen molar-refractivity contribution in [3.63, 3.8) is 0 Å². The maximum Gasteiger partial charge on any atom is 0.433 e. The van der Waals surface area contributed by atoms with Gasteiger partial charge in [0.1, 0.15) is 11.5 Å². The van der Waals surface area contributed by atoms with E-state index < -0.39 is 11.9 Å². The van der Waals surface area contributed by atoms with Crippen molar-refractivity contribution in [2.45, 2.75) is 39.0 Å². The van der Waals surface area contributed by atoms with Gasteiger partial charge in [0.05, 0.1) is 5.52 Å². The van der Waals surface area contributed by atoms with Crippen LogP contribution >= 0.6 is 0 Å². The van der Waals surface area contributed by atoms with Gasteiger partial charge in [0.15, 0.2) is 5.65 Å². The second-order valence-electron chi connectivity index (χ2n) is 7.29. The number of anilines is 1. The minimum atomic E-state index is -4.45. The predicted molar refractivity (Wildman–Crippen MR) is 104 cm³/mol. The molecule has 0 radical (unpaired) electrons. The summed E-state index contributed by atoms with van der Waals surface area (Å²) < 4.78 is 42.2. The van der Waals surface area contributed by atoms with Gasteiger partial charge in [0, 0.05) is 32.4 Å². The first-order valence-electron chi connectivity index (χ1n) is 9.71. The molecule has 0 N–H and O–H groups in total. The van der Waals surface area contributed by atoms with Crippen LogP contribution in [0.5, 0.6) is 0 Å². The fourth-order valence-electron chi connectivity index (χ4n) is 3.98. The van der Waals surface area contributed by atoms with Gasteiger partial charge in [-0.15, -0.1) is 0 Å². The van der Waals surface area contributed by atoms with Gasteiger partial charge in [-0.2, -0.15) is 13.2 Å². The molecule has 0 aromatic carbocycles. The molecule has 9 heteroatoms. The minimum Gasteiger partial charge on any atom is -0.357 e. The monoisotopic (exact) mass is 405 g/mol. The molecule has 1 saturated heterocycles. The molecular formula is C20H22F3N5O. The Morgan fingerprint density at radius 3 is 2.55 bits per heavy atom. The highest BCUT2D eigenvalue weighted by atomic mass is 19.4. The third kappa shape index (κ3) is 3.73. The van der Waals surface area contributed by atoms with E-state index in [1.807, 2.05) is 24.0 Å². The lowest BCUT2D eigenvalue weighted by atomic mass is 9.96. The molecule has 4 heterocycles. The molecule has 1 aliphatic rings. The van der Waals surface area contributed by atoms with E-state index in [4.69, 9.17) is 0 Å². The highest BCUT2D eigenvalue weighted by molar-refractivity contribution is 5.71. The number of imidazole rings is 1. The Labute approximate surface area is 165 Å². The minimum absolute atomic E-state index is 0.0665. The van der Waals surface area contributed by atoms with E-state index in [1.165, 1.54) is 6.07 Å². The van der Waals surface area contributed by atoms with Crippen LogP contribution < -0.4 is 10.6 Å². The van der Waals surface area contributed by atoms with Crippen LogP contribution in [0.2, 0.25) is 0 Å². The van der Waals surface area contributed by atoms with Gasteiger partial charge >= 0.3 is 11.9 Å². The van der Waals surface area contributed by atoms with Crippen LogP contribution in [0.1, 0.15) is 25.5 Å². The summed E-state index contributed by atoms with van der Waals surface area (Å²) in [5, 5.41) is 0. The number of rotatable bonds is 4. The molecule has 3 aromatic rings. The van der Waals surface area contributed by atoms with E-state index in [2.05, 4.69) is 9.97 Å². The molecule has 0 saturated carbocycles. The van der Waals surface area contributed by atoms with E-state index in [1.54, 1.807) is 21.4 Å². The van der Waals surface area contributed by atoms with Crippen LogP contribution in [-0.2, 0) is 19.3 Å². The molecule has 0 unspecified atom stereocenters. The van der Waals surface area contributed by atoms with Crippen molar-refractivity contribution in [3.05, 3.63) is 52.7 Å². The van der Waals surface area contributed by atoms with E-state index >= 15 is 0 Å². The average molecular weight is 405 g/mol. The van der Waals surface area contributed by atoms with Crippen molar-refractivity contribution in [3.8, 4) is 0 Å². The highest BCUT2D eigenvalue weighted by Gasteiger charge is 2.33. The van der Waals surface area contributed by atoms with Gasteiger partial charge in [-0.3, -0.25) is 9.13 Å². The lowest BCUT2D eigenvalue weighted by molar-refractivity contribution is -0.141. The molecule has 154 valence electrons. The summed E-state index contributed by atoms with van der Waals surface area (Å²) in [5.74, 6) is 0.604. The summed E-state index contributed by atoms with van der Waals surface area (Å²) in [4.78, 5) is 22.8. The molecule has 0 amide bonds. The summed E-state index contributed by atoms with van der Waals surface area (Å²) in [5.41, 5.74) is 0.567. The number of hydrogen-bond acceptors (Lipinski definition) is 4. The molecule has 0 atom stereocenters. The Morgan fingerprint density at radius 2 is 1.86 bits per heavy atom. The molecule has 3 aromatic heterocycles. The Kier molecular flexibility index (Phi) is 5.06. The molecule has 29 heavy (non-hydrogen) atoms. The topological polar surface area (TPSA) is 56.0 Å². The van der Waals surface area contributed by atoms with Gasteiger partial charge in [0.25, 0.3) is 0 Å². The standard InChI is InChI=1S/C20H22F3N5O/c1-2-27-15-5-4-10-24-18(15)28(19(27)29)13-14-8-11-26(12-9-14)17-7-3-6-16(25-17)20(21,22)23/h3-7,10,14H,2,8-9,11-13H2,1H3. The first kappa shape index (κ1) is 19.5. The van der Waals surface area contributed by atoms with Crippen molar-refractivity contribution in [1.29, 1.82) is 0 Å². The molecule has 0 bridgehead atoms. The van der Waals surface area contributed by atoms with Crippen LogP contribution in [0.25, 0.3) is 11.2 Å². The number of pyridine rings is 2. The Bertz CT molecular complexity index is 1060. The smallest absolute Gasteiger partial charge is 0.357 e. The number of alkyl halides is 3. The summed E-state index contributed by atoms with van der Waals surface area (Å²) in [7, 11) is 0. The van der Waals surface area contributed by atoms with Gasteiger partial charge < -0.3 is 4.90 Å². The summed E-state index contributed by atoms with van der Waals surface area (Å²) in [6, 6.07) is 7.70. The Hall–Kier alpha value is -2.84. The van der Waals surface area contributed by atoms with Crippen LogP contribution in [0, 0.1) is 5.92 Å². The third-order valence-corrected chi connectivity index (χ3v) is 5.49. The van der Waals surface area contributed by atoms with Crippen molar-refractivity contribution in [2.75, 3.05) is 18.0 Å². The highest BCUT2D eigenvalue weighted by Crippen LogP contribution is 2.30. The molecule has 1 aliphatic heterocycles. The van der Waals surface area contributed by atoms with Crippen molar-refractivity contribution in [1.82, 2.24) is 19.1 Å². The number of aryl methyl sites for hydroxylation is 1. The second-order valence-corrected chi connectivity index (χ2v) is 7.29. The van der Waals surface area contributed by atoms with E-state index in [0.29, 0.717) is 37.6 Å². The molecular weight excluding hydrogens is 383 g/mol. The fourth-order valence-corrected chi connectivity index (χ4v) is 3.98. The predicted octanol–water partition coefficient (Wildman–Crippen LogP) is 3.55. The first-order chi connectivity index (χ1) is 13.9. The SMILES string of the molecule is CCn1c(=O)n(CC2CCN(c3cccc(C(F)(F)F)n3)CC2)c2ncccc21. The van der Waals surface area contributed by atoms with Crippen molar-refractivity contribution in [2.24, 2.45) is 5.92 Å². The summed E-state index contributed by atoms with van der Waals surface area (Å²) in [6.45, 7) is 4.27. The molecule has 6 nitrogen and oxygen atoms in total. The normalized spacial score (nSPS) is 15.9. The van der Waals surface area contributed by atoms with Crippen molar-refractivity contribution >= 4 is 17.0 Å². The zero-order valence-electron chi connectivity index (χ0n) is 16.1. The van der Waals surface area contributed by atoms with E-state index in [0.717, 1.165) is 24.4 Å². The molecule has 4 rings (SSSR count). The van der Waals surface area contributed by atoms with Gasteiger partial charge in [-0.05, 0) is 49.9 Å². The quantitative estimate of drug-likeness (QED) is 0.666. The van der Waals surface area contributed by atoms with Gasteiger partial charge in [-0.25, -0.2) is 14.8 Å². The zero-order valence-corrected chi connectivity index (χ0v) is 16.1. The lowest BCUT2D eigenvalue weighted by Gasteiger charge is -2.33. The number of fused-ring (bicyclic) bond motifs is 1. The maximum absolute atomic E-state index is 12.9. The largest absolute Gasteiger partial charge is 0.433 e. The van der Waals surface area contributed by atoms with Crippen LogP contribution in [-0.4, -0.2) is 32.2 Å². The summed E-state index contributed by atoms with van der Waals surface area (Å²) in [6.07, 6.45) is -1.22. The van der Waals surface area contributed by atoms with E-state index in [-0.39, 0.29) is 11.6 Å². The number of halogens is 3. The number of nitrogens with zero attached hydrogens (tertiary/aromatic N) is 5. The van der Waals surface area contributed by atoms with Crippen LogP contribution in [0.4, 0.5) is 19.0 Å². The summed E-state index contributed by atoms with van der Waals surface area (Å²) >= 11 is 0. The molecule has 0 aliphatic carbocycles. The van der Waals surface area contributed by atoms with Gasteiger partial charge in [0.2, 0.25) is 0 Å². The number of piperidine rings is 1. The number of hydrogen-bond donors (Lipinski definition) is 0. The van der Waals surface area contributed by atoms with E-state index in [9.17, 15) is 18.0 Å². The third-order valence-electron chi connectivity index (χ3n) is 5.49. The fraction of sp³-hybridized carbons (Fsp3) is 0.450. The average Bonchev–Trinajstić information content (AvgIpc) is 2.99. The zero-order chi connectivity index (χ0) is 20.6. The second kappa shape index (κ2) is 7.53. The van der Waals surface area contributed by atoms with Crippen LogP contribution in [0.3, 0.4) is 0 Å². The molecule has 1 fully saturated rings. The number of aromatic nitrogens is 4. The Balaban J connectivity index is 1.49. The van der Waals surface area contributed by atoms with Crippen LogP contribution in [0.15, 0.2) is 41.3 Å². The molecule has 0 spiro atoms. The first-order valence-corrected chi connectivity index (χ1v) is 9.71. The lowest BCUT2D eigenvalue weighted by Crippen LogP contribution is -2.37. The maximum atomic E-state index is 12.9. The van der Waals surface area contributed by atoms with Gasteiger partial charge in [-0.1, -0.05) is 6.07 Å².